The number of aliphatic carboxylic acids is 1. The second-order valence-corrected chi connectivity index (χ2v) is 8.65. The van der Waals surface area contributed by atoms with E-state index in [1.807, 2.05) is 27.7 Å². The predicted molar refractivity (Wildman–Crippen MR) is 124 cm³/mol. The van der Waals surface area contributed by atoms with Crippen LogP contribution in [0.25, 0.3) is 17.2 Å². The van der Waals surface area contributed by atoms with Gasteiger partial charge in [-0.25, -0.2) is 4.39 Å². The number of hydrogen-bond acceptors (Lipinski definition) is 6. The molecule has 34 heavy (non-hydrogen) atoms. The molecule has 1 aromatic heterocycles. The van der Waals surface area contributed by atoms with Crippen LogP contribution in [0.3, 0.4) is 0 Å². The smallest absolute Gasteiger partial charge is 0.550 e. The average molecular weight is 485 g/mol. The fourth-order valence-electron chi connectivity index (χ4n) is 3.77. The standard InChI is InChI=1S/C26H34FNO5.Na/c1-15(2)25-21(11-10-19(29)12-20(30)13-23(31)32)24(17-6-8-18(27)9-7-17)22(14-33-5)26(28-25)16(3)4;/h6-11,15-16,19-20,29-30H,12-14H2,1-5H3,(H,31,32);/q;+1/p-1/b11-10+;/t19-,20-;/m1./s1/i5D3;. The number of pyridine rings is 1. The van der Waals surface area contributed by atoms with Crippen molar-refractivity contribution in [3.05, 3.63) is 58.7 Å². The van der Waals surface area contributed by atoms with E-state index in [0.717, 1.165) is 0 Å². The van der Waals surface area contributed by atoms with Crippen LogP contribution in [0, 0.1) is 5.82 Å². The average Bonchev–Trinajstić information content (AvgIpc) is 2.74. The monoisotopic (exact) mass is 484 g/mol. The molecule has 180 valence electrons. The molecule has 0 spiro atoms. The third-order valence-corrected chi connectivity index (χ3v) is 5.24. The van der Waals surface area contributed by atoms with E-state index in [1.165, 1.54) is 18.2 Å². The van der Waals surface area contributed by atoms with Gasteiger partial charge in [-0.2, -0.15) is 0 Å². The number of ether oxygens (including phenoxy) is 1. The first-order valence-electron chi connectivity index (χ1n) is 12.4. The van der Waals surface area contributed by atoms with E-state index in [9.17, 15) is 24.5 Å². The topological polar surface area (TPSA) is 103 Å². The second kappa shape index (κ2) is 14.1. The molecule has 0 unspecified atom stereocenters. The van der Waals surface area contributed by atoms with Crippen molar-refractivity contribution < 1.29 is 62.9 Å². The Morgan fingerprint density at radius 3 is 2.32 bits per heavy atom. The van der Waals surface area contributed by atoms with Crippen LogP contribution >= 0.6 is 0 Å². The maximum atomic E-state index is 13.8. The third kappa shape index (κ3) is 8.26. The fourth-order valence-corrected chi connectivity index (χ4v) is 3.77. The molecule has 2 N–H and O–H groups in total. The minimum Gasteiger partial charge on any atom is -0.550 e. The summed E-state index contributed by atoms with van der Waals surface area (Å²) in [5, 5.41) is 31.0. The number of nitrogens with zero attached hydrogens (tertiary/aromatic N) is 1. The number of halogens is 1. The largest absolute Gasteiger partial charge is 1.00 e. The SMILES string of the molecule is [2H]C([2H])([2H])OCc1c(C(C)C)nc(C(C)C)c(/C=C/[C@@H](O)C[C@@H](O)CC(=O)[O-])c1-c1ccc(F)cc1.[Na+]. The fraction of sp³-hybridized carbons (Fsp3) is 0.462. The van der Waals surface area contributed by atoms with Crippen molar-refractivity contribution in [2.75, 3.05) is 7.04 Å². The molecule has 1 aromatic carbocycles. The molecule has 0 saturated carbocycles. The number of carbonyl (C=O) groups is 1. The molecule has 2 rings (SSSR count). The summed E-state index contributed by atoms with van der Waals surface area (Å²) < 4.78 is 41.4. The van der Waals surface area contributed by atoms with Gasteiger partial charge in [0, 0.05) is 42.7 Å². The Kier molecular flexibility index (Phi) is 10.5. The van der Waals surface area contributed by atoms with E-state index in [1.54, 1.807) is 18.2 Å². The molecule has 0 fully saturated rings. The van der Waals surface area contributed by atoms with Crippen LogP contribution in [0.2, 0.25) is 0 Å². The van der Waals surface area contributed by atoms with Crippen molar-refractivity contribution in [3.8, 4) is 11.1 Å². The minimum atomic E-state index is -2.65. The molecule has 0 bridgehead atoms. The number of aliphatic hydroxyl groups excluding tert-OH is 2. The van der Waals surface area contributed by atoms with Crippen LogP contribution < -0.4 is 34.7 Å². The number of benzene rings is 1. The van der Waals surface area contributed by atoms with E-state index in [2.05, 4.69) is 0 Å². The zero-order valence-corrected chi connectivity index (χ0v) is 22.3. The van der Waals surface area contributed by atoms with Crippen LogP contribution in [0.4, 0.5) is 4.39 Å². The molecule has 2 atom stereocenters. The van der Waals surface area contributed by atoms with E-state index < -0.39 is 37.5 Å². The number of rotatable bonds is 11. The van der Waals surface area contributed by atoms with Crippen LogP contribution in [-0.2, 0) is 16.1 Å². The van der Waals surface area contributed by atoms with E-state index in [0.29, 0.717) is 33.6 Å². The summed E-state index contributed by atoms with van der Waals surface area (Å²) in [5.41, 5.74) is 3.64. The van der Waals surface area contributed by atoms with Gasteiger partial charge >= 0.3 is 29.6 Å². The Labute approximate surface area is 227 Å². The molecule has 8 heteroatoms. The zero-order valence-electron chi connectivity index (χ0n) is 23.3. The van der Waals surface area contributed by atoms with Crippen molar-refractivity contribution in [2.45, 2.75) is 71.2 Å². The Bertz CT molecular complexity index is 1080. The number of aliphatic hydroxyl groups is 2. The number of methoxy groups -OCH3 is 1. The maximum absolute atomic E-state index is 13.8. The Morgan fingerprint density at radius 1 is 1.18 bits per heavy atom. The minimum absolute atomic E-state index is 0. The Morgan fingerprint density at radius 2 is 1.79 bits per heavy atom. The van der Waals surface area contributed by atoms with Crippen LogP contribution in [0.5, 0.6) is 0 Å². The van der Waals surface area contributed by atoms with Crippen molar-refractivity contribution >= 4 is 12.0 Å². The molecule has 0 aliphatic carbocycles. The van der Waals surface area contributed by atoms with Gasteiger partial charge in [-0.15, -0.1) is 0 Å². The predicted octanol–water partition coefficient (Wildman–Crippen LogP) is 0.550. The van der Waals surface area contributed by atoms with Gasteiger partial charge < -0.3 is 24.9 Å². The molecule has 0 amide bonds. The van der Waals surface area contributed by atoms with Crippen molar-refractivity contribution in [1.82, 2.24) is 4.98 Å². The summed E-state index contributed by atoms with van der Waals surface area (Å²) in [4.78, 5) is 15.6. The quantitative estimate of drug-likeness (QED) is 0.452. The molecule has 1 heterocycles. The van der Waals surface area contributed by atoms with Gasteiger partial charge in [0.2, 0.25) is 0 Å². The van der Waals surface area contributed by atoms with Crippen molar-refractivity contribution in [1.29, 1.82) is 0 Å². The summed E-state index contributed by atoms with van der Waals surface area (Å²) in [6, 6.07) is 5.75. The molecule has 0 saturated heterocycles. The second-order valence-electron chi connectivity index (χ2n) is 8.65. The molecule has 0 aliphatic rings. The summed E-state index contributed by atoms with van der Waals surface area (Å²) in [7, 11) is -2.65. The van der Waals surface area contributed by atoms with E-state index in [-0.39, 0.29) is 54.4 Å². The van der Waals surface area contributed by atoms with Gasteiger partial charge in [-0.05, 0) is 35.1 Å². The van der Waals surface area contributed by atoms with Crippen LogP contribution in [0.15, 0.2) is 30.3 Å². The summed E-state index contributed by atoms with van der Waals surface area (Å²) in [6.45, 7) is 7.47. The molecular formula is C26H33FNNaO5. The maximum Gasteiger partial charge on any atom is 1.00 e. The molecule has 2 aromatic rings. The summed E-state index contributed by atoms with van der Waals surface area (Å²) in [5.74, 6) is -2.01. The third-order valence-electron chi connectivity index (χ3n) is 5.24. The van der Waals surface area contributed by atoms with E-state index >= 15 is 0 Å². The van der Waals surface area contributed by atoms with Crippen LogP contribution in [-0.4, -0.2) is 40.4 Å². The van der Waals surface area contributed by atoms with Crippen molar-refractivity contribution in [3.63, 3.8) is 0 Å². The first-order chi connectivity index (χ1) is 16.7. The zero-order chi connectivity index (χ0) is 27.2. The molecule has 6 nitrogen and oxygen atoms in total. The van der Waals surface area contributed by atoms with Gasteiger partial charge in [-0.1, -0.05) is 52.0 Å². The number of carboxylic acids is 1. The molecule has 0 radical (unpaired) electrons. The van der Waals surface area contributed by atoms with Gasteiger partial charge in [0.25, 0.3) is 0 Å². The van der Waals surface area contributed by atoms with Gasteiger partial charge in [-0.3, -0.25) is 4.98 Å². The van der Waals surface area contributed by atoms with E-state index in [4.69, 9.17) is 13.8 Å². The van der Waals surface area contributed by atoms with Crippen LogP contribution in [0.1, 0.15) is 79.0 Å². The van der Waals surface area contributed by atoms with Gasteiger partial charge in [0.05, 0.1) is 28.6 Å². The first kappa shape index (κ1) is 25.5. The molecular weight excluding hydrogens is 448 g/mol. The molecule has 0 aliphatic heterocycles. The van der Waals surface area contributed by atoms with Gasteiger partial charge in [0.15, 0.2) is 0 Å². The Hall–Kier alpha value is -1.61. The number of carboxylic acid groups (broad SMARTS) is 1. The Balaban J connectivity index is 0.00000684. The number of carbonyl (C=O) groups excluding carboxylic acids is 1. The van der Waals surface area contributed by atoms with Crippen molar-refractivity contribution in [2.24, 2.45) is 0 Å². The van der Waals surface area contributed by atoms with Gasteiger partial charge in [0.1, 0.15) is 5.82 Å². The summed E-state index contributed by atoms with van der Waals surface area (Å²) >= 11 is 0. The number of aromatic nitrogens is 1. The normalized spacial score (nSPS) is 15.0. The summed E-state index contributed by atoms with van der Waals surface area (Å²) in [6.07, 6.45) is -0.268. The number of hydrogen-bond donors (Lipinski definition) is 2. The first-order valence-corrected chi connectivity index (χ1v) is 10.9.